The number of carboxylic acid groups (broad SMARTS) is 1. The molecule has 3 amide bonds. The highest BCUT2D eigenvalue weighted by Gasteiger charge is 2.26. The summed E-state index contributed by atoms with van der Waals surface area (Å²) < 4.78 is 4.37. The molecule has 9 heteroatoms. The van der Waals surface area contributed by atoms with Crippen LogP contribution in [0.15, 0.2) is 0 Å². The van der Waals surface area contributed by atoms with E-state index in [4.69, 9.17) is 5.11 Å². The quantitative estimate of drug-likeness (QED) is 0.542. The first-order valence-corrected chi connectivity index (χ1v) is 6.05. The molecule has 1 saturated heterocycles. The monoisotopic (exact) mass is 287 g/mol. The predicted molar refractivity (Wildman–Crippen MR) is 65.8 cm³/mol. The van der Waals surface area contributed by atoms with E-state index >= 15 is 0 Å². The number of aliphatic carboxylic acids is 1. The molecule has 0 radical (unpaired) electrons. The zero-order chi connectivity index (χ0) is 15.1. The van der Waals surface area contributed by atoms with Gasteiger partial charge in [-0.25, -0.2) is 9.59 Å². The normalized spacial score (nSPS) is 16.6. The van der Waals surface area contributed by atoms with Crippen LogP contribution in [0.1, 0.15) is 12.8 Å². The maximum absolute atomic E-state index is 11.9. The lowest BCUT2D eigenvalue weighted by Gasteiger charge is -2.22. The number of carbonyl (C=O) groups excluding carboxylic acids is 3. The van der Waals surface area contributed by atoms with Crippen LogP contribution in [0.3, 0.4) is 0 Å². The minimum absolute atomic E-state index is 0.155. The van der Waals surface area contributed by atoms with Crippen LogP contribution < -0.4 is 10.6 Å². The number of nitrogens with zero attached hydrogens (tertiary/aromatic N) is 1. The summed E-state index contributed by atoms with van der Waals surface area (Å²) in [7, 11) is 1.13. The Kier molecular flexibility index (Phi) is 5.75. The third-order valence-electron chi connectivity index (χ3n) is 2.79. The Balaban J connectivity index is 2.58. The first-order valence-electron chi connectivity index (χ1n) is 6.05. The number of urea groups is 1. The third kappa shape index (κ3) is 4.75. The van der Waals surface area contributed by atoms with Gasteiger partial charge < -0.3 is 25.4 Å². The number of hydrogen-bond acceptors (Lipinski definition) is 5. The first kappa shape index (κ1) is 15.7. The molecule has 1 rings (SSSR count). The summed E-state index contributed by atoms with van der Waals surface area (Å²) in [5.41, 5.74) is 0. The van der Waals surface area contributed by atoms with E-state index in [1.807, 2.05) is 0 Å². The van der Waals surface area contributed by atoms with Crippen molar-refractivity contribution in [1.82, 2.24) is 15.5 Å². The van der Waals surface area contributed by atoms with Gasteiger partial charge in [-0.05, 0) is 0 Å². The van der Waals surface area contributed by atoms with Crippen molar-refractivity contribution in [2.75, 3.05) is 26.7 Å². The largest absolute Gasteiger partial charge is 0.480 e. The average molecular weight is 287 g/mol. The molecule has 1 aliphatic rings. The summed E-state index contributed by atoms with van der Waals surface area (Å²) in [4.78, 5) is 46.4. The number of esters is 1. The van der Waals surface area contributed by atoms with Crippen LogP contribution in [0.4, 0.5) is 4.79 Å². The smallest absolute Gasteiger partial charge is 0.326 e. The van der Waals surface area contributed by atoms with Crippen LogP contribution in [-0.4, -0.2) is 66.7 Å². The fourth-order valence-electron chi connectivity index (χ4n) is 1.66. The third-order valence-corrected chi connectivity index (χ3v) is 2.79. The Labute approximate surface area is 115 Å². The molecule has 1 atom stereocenters. The van der Waals surface area contributed by atoms with Crippen LogP contribution in [0.25, 0.3) is 0 Å². The topological polar surface area (TPSA) is 125 Å². The Morgan fingerprint density at radius 1 is 1.45 bits per heavy atom. The summed E-state index contributed by atoms with van der Waals surface area (Å²) >= 11 is 0. The van der Waals surface area contributed by atoms with Gasteiger partial charge in [0.1, 0.15) is 6.04 Å². The van der Waals surface area contributed by atoms with Gasteiger partial charge in [0.2, 0.25) is 5.91 Å². The van der Waals surface area contributed by atoms with Crippen molar-refractivity contribution < 1.29 is 29.0 Å². The SMILES string of the molecule is COC(=O)C[C@H](NC(=O)N1CCNC(=O)CC1)C(=O)O. The minimum atomic E-state index is -1.36. The lowest BCUT2D eigenvalue weighted by molar-refractivity contribution is -0.147. The molecule has 3 N–H and O–H groups in total. The zero-order valence-electron chi connectivity index (χ0n) is 11.0. The van der Waals surface area contributed by atoms with Gasteiger partial charge in [-0.2, -0.15) is 0 Å². The average Bonchev–Trinajstić information content (AvgIpc) is 2.62. The number of amides is 3. The van der Waals surface area contributed by atoms with Crippen molar-refractivity contribution in [3.05, 3.63) is 0 Å². The minimum Gasteiger partial charge on any atom is -0.480 e. The Hall–Kier alpha value is -2.32. The van der Waals surface area contributed by atoms with Gasteiger partial charge in [0.05, 0.1) is 13.5 Å². The number of carboxylic acids is 1. The van der Waals surface area contributed by atoms with Crippen molar-refractivity contribution >= 4 is 23.9 Å². The number of rotatable bonds is 4. The van der Waals surface area contributed by atoms with Crippen molar-refractivity contribution in [2.45, 2.75) is 18.9 Å². The van der Waals surface area contributed by atoms with Crippen LogP contribution in [0.5, 0.6) is 0 Å². The van der Waals surface area contributed by atoms with E-state index in [1.165, 1.54) is 4.90 Å². The maximum atomic E-state index is 11.9. The molecule has 1 heterocycles. The molecule has 0 saturated carbocycles. The molecule has 9 nitrogen and oxygen atoms in total. The van der Waals surface area contributed by atoms with Crippen molar-refractivity contribution in [3.63, 3.8) is 0 Å². The van der Waals surface area contributed by atoms with Gasteiger partial charge in [0.25, 0.3) is 0 Å². The lowest BCUT2D eigenvalue weighted by Crippen LogP contribution is -2.49. The molecule has 112 valence electrons. The van der Waals surface area contributed by atoms with Crippen molar-refractivity contribution in [3.8, 4) is 0 Å². The van der Waals surface area contributed by atoms with Crippen LogP contribution >= 0.6 is 0 Å². The van der Waals surface area contributed by atoms with Crippen LogP contribution in [0, 0.1) is 0 Å². The lowest BCUT2D eigenvalue weighted by atomic mass is 10.2. The Morgan fingerprint density at radius 3 is 2.75 bits per heavy atom. The van der Waals surface area contributed by atoms with Crippen molar-refractivity contribution in [2.24, 2.45) is 0 Å². The van der Waals surface area contributed by atoms with Gasteiger partial charge in [0, 0.05) is 26.1 Å². The maximum Gasteiger partial charge on any atom is 0.326 e. The molecule has 20 heavy (non-hydrogen) atoms. The molecule has 0 aromatic carbocycles. The van der Waals surface area contributed by atoms with Gasteiger partial charge >= 0.3 is 18.0 Å². The second-order valence-electron chi connectivity index (χ2n) is 4.21. The number of ether oxygens (including phenoxy) is 1. The highest BCUT2D eigenvalue weighted by atomic mass is 16.5. The molecule has 1 aliphatic heterocycles. The van der Waals surface area contributed by atoms with Gasteiger partial charge in [-0.15, -0.1) is 0 Å². The Morgan fingerprint density at radius 2 is 2.15 bits per heavy atom. The van der Waals surface area contributed by atoms with Crippen LogP contribution in [0.2, 0.25) is 0 Å². The van der Waals surface area contributed by atoms with Crippen LogP contribution in [-0.2, 0) is 19.1 Å². The number of hydrogen-bond donors (Lipinski definition) is 3. The second kappa shape index (κ2) is 7.31. The van der Waals surface area contributed by atoms with E-state index in [1.54, 1.807) is 0 Å². The number of methoxy groups -OCH3 is 1. The molecule has 0 spiro atoms. The molecule has 1 fully saturated rings. The molecule has 0 aromatic heterocycles. The fraction of sp³-hybridized carbons (Fsp3) is 0.636. The number of carbonyl (C=O) groups is 4. The summed E-state index contributed by atoms with van der Waals surface area (Å²) in [6.07, 6.45) is -0.301. The molecule has 0 unspecified atom stereocenters. The summed E-state index contributed by atoms with van der Waals surface area (Å²) in [5.74, 6) is -2.22. The first-order chi connectivity index (χ1) is 9.43. The zero-order valence-corrected chi connectivity index (χ0v) is 11.0. The van der Waals surface area contributed by atoms with E-state index in [0.29, 0.717) is 6.54 Å². The van der Waals surface area contributed by atoms with Gasteiger partial charge in [0.15, 0.2) is 0 Å². The van der Waals surface area contributed by atoms with Gasteiger partial charge in [-0.3, -0.25) is 9.59 Å². The Bertz CT molecular complexity index is 411. The summed E-state index contributed by atoms with van der Waals surface area (Å²) in [6.45, 7) is 0.783. The molecule has 0 aromatic rings. The van der Waals surface area contributed by atoms with E-state index < -0.39 is 30.4 Å². The number of nitrogens with one attached hydrogen (secondary N) is 2. The highest BCUT2D eigenvalue weighted by molar-refractivity contribution is 5.87. The van der Waals surface area contributed by atoms with Crippen molar-refractivity contribution in [1.29, 1.82) is 0 Å². The molecule has 0 aliphatic carbocycles. The standard InChI is InChI=1S/C11H17N3O6/c1-20-9(16)6-7(10(17)18)13-11(19)14-4-2-8(15)12-3-5-14/h7H,2-6H2,1H3,(H,12,15)(H,13,19)(H,17,18)/t7-/m0/s1. The molecular formula is C11H17N3O6. The van der Waals surface area contributed by atoms with E-state index in [-0.39, 0.29) is 25.4 Å². The fourth-order valence-corrected chi connectivity index (χ4v) is 1.66. The molecule has 0 bridgehead atoms. The second-order valence-corrected chi connectivity index (χ2v) is 4.21. The van der Waals surface area contributed by atoms with E-state index in [9.17, 15) is 19.2 Å². The summed E-state index contributed by atoms with van der Waals surface area (Å²) in [5, 5.41) is 13.8. The highest BCUT2D eigenvalue weighted by Crippen LogP contribution is 2.01. The van der Waals surface area contributed by atoms with E-state index in [0.717, 1.165) is 7.11 Å². The predicted octanol–water partition coefficient (Wildman–Crippen LogP) is -1.47. The summed E-state index contributed by atoms with van der Waals surface area (Å²) in [6, 6.07) is -1.99. The molecular weight excluding hydrogens is 270 g/mol. The van der Waals surface area contributed by atoms with Gasteiger partial charge in [-0.1, -0.05) is 0 Å². The van der Waals surface area contributed by atoms with E-state index in [2.05, 4.69) is 15.4 Å².